The second kappa shape index (κ2) is 18.6. The van der Waals surface area contributed by atoms with Crippen LogP contribution in [0.2, 0.25) is 0 Å². The van der Waals surface area contributed by atoms with Gasteiger partial charge in [0.05, 0.1) is 0 Å². The summed E-state index contributed by atoms with van der Waals surface area (Å²) in [4.78, 5) is 0. The van der Waals surface area contributed by atoms with Crippen LogP contribution in [0.4, 0.5) is 0 Å². The fourth-order valence-corrected chi connectivity index (χ4v) is 0. The van der Waals surface area contributed by atoms with E-state index in [4.69, 9.17) is 0 Å². The van der Waals surface area contributed by atoms with Gasteiger partial charge in [0.25, 0.3) is 0 Å². The van der Waals surface area contributed by atoms with Crippen LogP contribution < -0.4 is 76.8 Å². The minimum atomic E-state index is 0. The summed E-state index contributed by atoms with van der Waals surface area (Å²) >= 11 is 0. The zero-order chi connectivity index (χ0) is 0. The van der Waals surface area contributed by atoms with Gasteiger partial charge in [-0.3, -0.25) is 0 Å². The maximum absolute atomic E-state index is 0. The van der Waals surface area contributed by atoms with Crippen LogP contribution in [0.15, 0.2) is 0 Å². The molecule has 0 aromatic rings. The molecule has 0 saturated carbocycles. The second-order valence-corrected chi connectivity index (χ2v) is 0. The van der Waals surface area contributed by atoms with Crippen molar-refractivity contribution in [1.82, 2.24) is 0 Å². The molecule has 0 unspecified atom stereocenters. The van der Waals surface area contributed by atoms with Gasteiger partial charge in [-0.15, -0.1) is 0 Å². The van der Waals surface area contributed by atoms with Crippen molar-refractivity contribution in [2.75, 3.05) is 0 Å². The van der Waals surface area contributed by atoms with E-state index < -0.39 is 0 Å². The average molecular weight is 296 g/mol. The van der Waals surface area contributed by atoms with Gasteiger partial charge in [0, 0.05) is 0 Å². The molecule has 0 nitrogen and oxygen atoms in total. The predicted octanol–water partition coefficient (Wildman–Crippen LogP) is -12.5. The Kier molecular flexibility index (Phi) is 156. The molecule has 0 amide bonds. The first-order valence-corrected chi connectivity index (χ1v) is 0. The molecule has 0 fully saturated rings. The van der Waals surface area contributed by atoms with Crippen LogP contribution in [0.25, 0.3) is 0 Å². The third kappa shape index (κ3) is 8.86. The minimum Gasteiger partial charge on any atom is -1.00 e. The largest absolute Gasteiger partial charge is 1.00 e. The molecular weight excluding hydrogens is 294 g/mol. The van der Waals surface area contributed by atoms with Crippen LogP contribution in [-0.2, 0) is 0 Å². The molecule has 0 aliphatic rings. The zero-order valence-corrected chi connectivity index (χ0v) is 7.93. The number of hydrogen-bond donors (Lipinski definition) is 0. The molecule has 4 heavy (non-hydrogen) atoms. The van der Waals surface area contributed by atoms with E-state index in [1.165, 1.54) is 0 Å². The molecule has 0 heterocycles. The molecule has 0 rings (SSSR count). The Hall–Kier alpha value is 2.29. The van der Waals surface area contributed by atoms with Gasteiger partial charge in [-0.05, 0) is 0 Å². The van der Waals surface area contributed by atoms with Crippen molar-refractivity contribution in [2.45, 2.75) is 0 Å². The number of rotatable bonds is 0. The molecule has 24 valence electrons. The molecular formula is H2Br2ILi. The van der Waals surface area contributed by atoms with Crippen molar-refractivity contribution < 1.29 is 76.8 Å². The van der Waals surface area contributed by atoms with Crippen LogP contribution in [0, 0.1) is 0 Å². The van der Waals surface area contributed by atoms with Gasteiger partial charge in [-0.1, -0.05) is 0 Å². The zero-order valence-electron chi connectivity index (χ0n) is 2.20. The first-order valence-electron chi connectivity index (χ1n) is 0. The van der Waals surface area contributed by atoms with Gasteiger partial charge in [0.15, 0.2) is 0 Å². The topological polar surface area (TPSA) is 0 Å². The smallest absolute Gasteiger partial charge is 1.00 e. The van der Waals surface area contributed by atoms with E-state index in [-0.39, 0.29) is 76.8 Å². The van der Waals surface area contributed by atoms with Crippen LogP contribution in [-0.4, -0.2) is 0 Å². The molecule has 0 N–H and O–H groups in total. The van der Waals surface area contributed by atoms with Crippen molar-refractivity contribution >= 4 is 0 Å². The van der Waals surface area contributed by atoms with Crippen molar-refractivity contribution in [3.05, 3.63) is 0 Å². The average Bonchev–Trinajstić information content (AvgIpc) is 0. The summed E-state index contributed by atoms with van der Waals surface area (Å²) in [7, 11) is 0. The van der Waals surface area contributed by atoms with E-state index in [0.717, 1.165) is 0 Å². The van der Waals surface area contributed by atoms with E-state index in [0.29, 0.717) is 0 Å². The Morgan fingerprint density at radius 3 is 0.750 bits per heavy atom. The van der Waals surface area contributed by atoms with E-state index in [1.54, 1.807) is 0 Å². The molecule has 0 atom stereocenters. The molecule has 0 aromatic heterocycles. The first-order chi connectivity index (χ1) is 0. The van der Waals surface area contributed by atoms with Gasteiger partial charge >= 0.3 is 18.9 Å². The molecule has 0 spiro atoms. The normalized spacial score (nSPS) is 0. The van der Waals surface area contributed by atoms with Crippen molar-refractivity contribution in [2.24, 2.45) is 0 Å². The Balaban J connectivity index is 0. The standard InChI is InChI=1S/2BrH.H2I.Li/h2*1H;1H2;/q;;2*+1/p-2. The van der Waals surface area contributed by atoms with Gasteiger partial charge in [0.1, 0.15) is 0 Å². The predicted molar refractivity (Wildman–Crippen MR) is 2.79 cm³/mol. The Bertz CT molecular complexity index is 6.00. The van der Waals surface area contributed by atoms with Crippen molar-refractivity contribution in [1.29, 1.82) is 0 Å². The maximum Gasteiger partial charge on any atom is 1.00 e. The Morgan fingerprint density at radius 2 is 0.750 bits per heavy atom. The van der Waals surface area contributed by atoms with Crippen LogP contribution in [0.1, 0.15) is 0 Å². The van der Waals surface area contributed by atoms with E-state index in [2.05, 4.69) is 0 Å². The third-order valence-corrected chi connectivity index (χ3v) is 0. The monoisotopic (exact) mass is 294 g/mol. The number of hydrogen-bond acceptors (Lipinski definition) is 0. The Labute approximate surface area is 75.8 Å². The summed E-state index contributed by atoms with van der Waals surface area (Å²) in [5.41, 5.74) is 0. The minimum absolute atomic E-state index is 0. The quantitative estimate of drug-likeness (QED) is 0.308. The maximum atomic E-state index is 0. The summed E-state index contributed by atoms with van der Waals surface area (Å²) in [5, 5.41) is 0. The van der Waals surface area contributed by atoms with Crippen molar-refractivity contribution in [3.8, 4) is 0 Å². The molecule has 0 bridgehead atoms. The molecule has 0 aromatic carbocycles. The SMILES string of the molecule is [Br-].[Br-].[IH2+].[Li+]. The molecule has 0 saturated heterocycles. The van der Waals surface area contributed by atoms with Gasteiger partial charge in [-0.25, -0.2) is 0 Å². The molecule has 4 heteroatoms. The molecule has 0 aliphatic carbocycles. The fourth-order valence-electron chi connectivity index (χ4n) is 0. The summed E-state index contributed by atoms with van der Waals surface area (Å²) < 4.78 is 0. The van der Waals surface area contributed by atoms with Gasteiger partial charge in [-0.2, -0.15) is 0 Å². The first kappa shape index (κ1) is 33.6. The number of halogens is 3. The van der Waals surface area contributed by atoms with Crippen LogP contribution in [0.5, 0.6) is 0 Å². The van der Waals surface area contributed by atoms with E-state index in [1.807, 2.05) is 0 Å². The van der Waals surface area contributed by atoms with Gasteiger partial charge < -0.3 is 34.0 Å². The van der Waals surface area contributed by atoms with Crippen molar-refractivity contribution in [3.63, 3.8) is 0 Å². The van der Waals surface area contributed by atoms with Crippen LogP contribution >= 0.6 is 0 Å². The summed E-state index contributed by atoms with van der Waals surface area (Å²) in [6.07, 6.45) is 0. The third-order valence-electron chi connectivity index (χ3n) is 0. The second-order valence-electron chi connectivity index (χ2n) is 0. The molecule has 0 radical (unpaired) electrons. The molecule has 0 aliphatic heterocycles. The summed E-state index contributed by atoms with van der Waals surface area (Å²) in [6, 6.07) is 0. The van der Waals surface area contributed by atoms with E-state index >= 15 is 0 Å². The summed E-state index contributed by atoms with van der Waals surface area (Å²) in [5.74, 6) is 0. The Morgan fingerprint density at radius 1 is 0.750 bits per heavy atom. The fraction of sp³-hybridized carbons (Fsp3) is 0. The van der Waals surface area contributed by atoms with E-state index in [9.17, 15) is 0 Å². The summed E-state index contributed by atoms with van der Waals surface area (Å²) in [6.45, 7) is 0. The van der Waals surface area contributed by atoms with Gasteiger partial charge in [0.2, 0.25) is 24.0 Å². The van der Waals surface area contributed by atoms with Crippen LogP contribution in [0.3, 0.4) is 0 Å².